The highest BCUT2D eigenvalue weighted by atomic mass is 79.9. The van der Waals surface area contributed by atoms with E-state index < -0.39 is 5.54 Å². The summed E-state index contributed by atoms with van der Waals surface area (Å²) in [5, 5.41) is 12.7. The molecule has 120 valence electrons. The lowest BCUT2D eigenvalue weighted by atomic mass is 9.87. The summed E-state index contributed by atoms with van der Waals surface area (Å²) in [4.78, 5) is 12.8. The van der Waals surface area contributed by atoms with E-state index in [-0.39, 0.29) is 18.3 Å². The third-order valence-electron chi connectivity index (χ3n) is 3.87. The van der Waals surface area contributed by atoms with Crippen LogP contribution in [0.4, 0.5) is 0 Å². The van der Waals surface area contributed by atoms with Crippen LogP contribution in [-0.4, -0.2) is 28.8 Å². The fourth-order valence-electron chi connectivity index (χ4n) is 2.71. The zero-order chi connectivity index (χ0) is 14.7. The minimum absolute atomic E-state index is 0. The monoisotopic (exact) mass is 404 g/mol. The Kier molecular flexibility index (Phi) is 6.02. The molecular weight excluding hydrogens is 388 g/mol. The smallest absolute Gasteiger partial charge is 0.248 e. The van der Waals surface area contributed by atoms with Gasteiger partial charge < -0.3 is 10.6 Å². The van der Waals surface area contributed by atoms with Crippen molar-refractivity contribution in [2.45, 2.75) is 24.9 Å². The fraction of sp³-hybridized carbons (Fsp3) is 0.429. The number of amides is 1. The molecule has 1 fully saturated rings. The second kappa shape index (κ2) is 7.59. The highest BCUT2D eigenvalue weighted by Crippen LogP contribution is 2.27. The molecule has 2 aromatic heterocycles. The molecule has 5 nitrogen and oxygen atoms in total. The molecule has 0 aliphatic carbocycles. The molecule has 0 saturated carbocycles. The topological polar surface area (TPSA) is 59.0 Å². The molecular formula is C14H18BrClN4OS. The Labute approximate surface area is 148 Å². The Morgan fingerprint density at radius 1 is 1.50 bits per heavy atom. The molecule has 22 heavy (non-hydrogen) atoms. The number of aromatic nitrogens is 2. The number of thiophene rings is 1. The largest absolute Gasteiger partial charge is 0.350 e. The maximum Gasteiger partial charge on any atom is 0.248 e. The number of piperidine rings is 1. The van der Waals surface area contributed by atoms with Crippen LogP contribution in [-0.2, 0) is 16.9 Å². The van der Waals surface area contributed by atoms with E-state index in [0.717, 1.165) is 35.3 Å². The van der Waals surface area contributed by atoms with E-state index in [9.17, 15) is 4.79 Å². The van der Waals surface area contributed by atoms with Crippen LogP contribution in [0.3, 0.4) is 0 Å². The molecule has 1 amide bonds. The summed E-state index contributed by atoms with van der Waals surface area (Å²) in [5.41, 5.74) is 0.548. The SMILES string of the molecule is Cl.O=C(NCc1csc(Br)c1)C1(n2cccn2)CCNCC1. The molecule has 0 spiro atoms. The van der Waals surface area contributed by atoms with Gasteiger partial charge in [0.2, 0.25) is 5.91 Å². The van der Waals surface area contributed by atoms with Gasteiger partial charge in [0.25, 0.3) is 0 Å². The lowest BCUT2D eigenvalue weighted by molar-refractivity contribution is -0.132. The summed E-state index contributed by atoms with van der Waals surface area (Å²) in [6.07, 6.45) is 5.13. The van der Waals surface area contributed by atoms with Gasteiger partial charge in [0.15, 0.2) is 0 Å². The summed E-state index contributed by atoms with van der Waals surface area (Å²) >= 11 is 5.07. The van der Waals surface area contributed by atoms with E-state index in [2.05, 4.69) is 31.7 Å². The number of hydrogen-bond acceptors (Lipinski definition) is 4. The highest BCUT2D eigenvalue weighted by molar-refractivity contribution is 9.11. The predicted octanol–water partition coefficient (Wildman–Crippen LogP) is 2.52. The number of rotatable bonds is 4. The standard InChI is InChI=1S/C14H17BrN4OS.ClH/c15-12-8-11(10-21-12)9-17-13(20)14(2-5-16-6-3-14)19-7-1-4-18-19;/h1,4,7-8,10,16H,2-3,5-6,9H2,(H,17,20);1H. The maximum atomic E-state index is 12.8. The van der Waals surface area contributed by atoms with Gasteiger partial charge in [-0.15, -0.1) is 23.7 Å². The van der Waals surface area contributed by atoms with Crippen LogP contribution >= 0.6 is 39.7 Å². The van der Waals surface area contributed by atoms with Gasteiger partial charge in [0.1, 0.15) is 5.54 Å². The average molecular weight is 406 g/mol. The van der Waals surface area contributed by atoms with E-state index in [0.29, 0.717) is 6.54 Å². The zero-order valence-electron chi connectivity index (χ0n) is 11.9. The second-order valence-corrected chi connectivity index (χ2v) is 7.46. The molecule has 8 heteroatoms. The van der Waals surface area contributed by atoms with Gasteiger partial charge in [-0.05, 0) is 64.9 Å². The molecule has 3 rings (SSSR count). The number of carbonyl (C=O) groups is 1. The number of nitrogens with zero attached hydrogens (tertiary/aromatic N) is 2. The van der Waals surface area contributed by atoms with Crippen molar-refractivity contribution >= 4 is 45.6 Å². The van der Waals surface area contributed by atoms with Gasteiger partial charge >= 0.3 is 0 Å². The number of nitrogens with one attached hydrogen (secondary N) is 2. The first-order valence-corrected chi connectivity index (χ1v) is 8.60. The third-order valence-corrected chi connectivity index (χ3v) is 5.42. The van der Waals surface area contributed by atoms with E-state index in [1.807, 2.05) is 28.4 Å². The van der Waals surface area contributed by atoms with Crippen molar-refractivity contribution in [2.75, 3.05) is 13.1 Å². The summed E-state index contributed by atoms with van der Waals surface area (Å²) < 4.78 is 2.89. The number of hydrogen-bond donors (Lipinski definition) is 2. The molecule has 1 saturated heterocycles. The van der Waals surface area contributed by atoms with E-state index in [1.54, 1.807) is 17.5 Å². The summed E-state index contributed by atoms with van der Waals surface area (Å²) in [7, 11) is 0. The number of carbonyl (C=O) groups excluding carboxylic acids is 1. The van der Waals surface area contributed by atoms with Crippen LogP contribution in [0.15, 0.2) is 33.7 Å². The lowest BCUT2D eigenvalue weighted by Gasteiger charge is -2.36. The van der Waals surface area contributed by atoms with Gasteiger partial charge in [-0.25, -0.2) is 0 Å². The summed E-state index contributed by atoms with van der Waals surface area (Å²) in [6, 6.07) is 3.90. The van der Waals surface area contributed by atoms with Gasteiger partial charge in [-0.1, -0.05) is 0 Å². The van der Waals surface area contributed by atoms with Gasteiger partial charge in [0, 0.05) is 18.9 Å². The molecule has 2 N–H and O–H groups in total. The van der Waals surface area contributed by atoms with Crippen LogP contribution < -0.4 is 10.6 Å². The first kappa shape index (κ1) is 17.5. The summed E-state index contributed by atoms with van der Waals surface area (Å²) in [5.74, 6) is 0.0509. The van der Waals surface area contributed by atoms with Crippen molar-refractivity contribution in [3.63, 3.8) is 0 Å². The maximum absolute atomic E-state index is 12.8. The highest BCUT2D eigenvalue weighted by Gasteiger charge is 2.41. The fourth-order valence-corrected chi connectivity index (χ4v) is 3.92. The van der Waals surface area contributed by atoms with Crippen molar-refractivity contribution < 1.29 is 4.79 Å². The number of halogens is 2. The zero-order valence-corrected chi connectivity index (χ0v) is 15.1. The van der Waals surface area contributed by atoms with Crippen molar-refractivity contribution in [1.82, 2.24) is 20.4 Å². The van der Waals surface area contributed by atoms with E-state index in [1.165, 1.54) is 0 Å². The molecule has 3 heterocycles. The van der Waals surface area contributed by atoms with Crippen molar-refractivity contribution in [2.24, 2.45) is 0 Å². The van der Waals surface area contributed by atoms with Gasteiger partial charge in [-0.2, -0.15) is 5.10 Å². The van der Waals surface area contributed by atoms with Crippen molar-refractivity contribution in [3.8, 4) is 0 Å². The molecule has 2 aromatic rings. The van der Waals surface area contributed by atoms with Crippen molar-refractivity contribution in [1.29, 1.82) is 0 Å². The predicted molar refractivity (Wildman–Crippen MR) is 93.4 cm³/mol. The van der Waals surface area contributed by atoms with Crippen LogP contribution in [0.25, 0.3) is 0 Å². The minimum Gasteiger partial charge on any atom is -0.350 e. The van der Waals surface area contributed by atoms with Gasteiger partial charge in [0.05, 0.1) is 3.79 Å². The third kappa shape index (κ3) is 3.53. The Hall–Kier alpha value is -0.890. The molecule has 0 bridgehead atoms. The summed E-state index contributed by atoms with van der Waals surface area (Å²) in [6.45, 7) is 2.21. The Morgan fingerprint density at radius 3 is 2.86 bits per heavy atom. The normalized spacial score (nSPS) is 16.8. The van der Waals surface area contributed by atoms with Crippen LogP contribution in [0.1, 0.15) is 18.4 Å². The minimum atomic E-state index is -0.567. The van der Waals surface area contributed by atoms with Crippen LogP contribution in [0.2, 0.25) is 0 Å². The van der Waals surface area contributed by atoms with Crippen LogP contribution in [0.5, 0.6) is 0 Å². The average Bonchev–Trinajstić information content (AvgIpc) is 3.17. The van der Waals surface area contributed by atoms with Gasteiger partial charge in [-0.3, -0.25) is 9.48 Å². The van der Waals surface area contributed by atoms with E-state index in [4.69, 9.17) is 0 Å². The quantitative estimate of drug-likeness (QED) is 0.822. The molecule has 0 aromatic carbocycles. The first-order chi connectivity index (χ1) is 10.2. The molecule has 0 atom stereocenters. The molecule has 0 radical (unpaired) electrons. The van der Waals surface area contributed by atoms with Crippen molar-refractivity contribution in [3.05, 3.63) is 39.3 Å². The second-order valence-electron chi connectivity index (χ2n) is 5.17. The molecule has 1 aliphatic rings. The van der Waals surface area contributed by atoms with E-state index >= 15 is 0 Å². The Balaban J connectivity index is 0.00000176. The Bertz CT molecular complexity index is 610. The first-order valence-electron chi connectivity index (χ1n) is 6.93. The Morgan fingerprint density at radius 2 is 2.27 bits per heavy atom. The molecule has 0 unspecified atom stereocenters. The van der Waals surface area contributed by atoms with Crippen LogP contribution in [0, 0.1) is 0 Å². The lowest BCUT2D eigenvalue weighted by Crippen LogP contribution is -2.54. The molecule has 1 aliphatic heterocycles.